The Bertz CT molecular complexity index is 709. The van der Waals surface area contributed by atoms with Gasteiger partial charge in [0.05, 0.1) is 22.5 Å². The molecule has 0 spiro atoms. The van der Waals surface area contributed by atoms with E-state index in [0.29, 0.717) is 17.7 Å². The lowest BCUT2D eigenvalue weighted by molar-refractivity contribution is 0.0698. The van der Waals surface area contributed by atoms with Gasteiger partial charge in [-0.1, -0.05) is 6.92 Å². The molecule has 0 aliphatic carbocycles. The molecule has 0 unspecified atom stereocenters. The number of aromatic carboxylic acids is 1. The highest BCUT2D eigenvalue weighted by atomic mass is 19.1. The summed E-state index contributed by atoms with van der Waals surface area (Å²) in [7, 11) is 1.68. The fraction of sp³-hybridized carbons (Fsp3) is 0.214. The van der Waals surface area contributed by atoms with Crippen LogP contribution in [0.15, 0.2) is 24.4 Å². The first-order chi connectivity index (χ1) is 9.92. The molecule has 1 aromatic carbocycles. The average Bonchev–Trinajstić information content (AvgIpc) is 2.79. The summed E-state index contributed by atoms with van der Waals surface area (Å²) < 4.78 is 14.7. The highest BCUT2D eigenvalue weighted by molar-refractivity contribution is 6.08. The SMILES string of the molecule is CCc1nn(C)cc1C(=O)Nc1cc(F)ccc1C(=O)O. The molecule has 0 saturated heterocycles. The second-order valence-electron chi connectivity index (χ2n) is 4.47. The number of anilines is 1. The van der Waals surface area contributed by atoms with Crippen molar-refractivity contribution in [2.24, 2.45) is 7.05 Å². The van der Waals surface area contributed by atoms with E-state index in [-0.39, 0.29) is 11.3 Å². The number of carboxylic acid groups (broad SMARTS) is 1. The Morgan fingerprint density at radius 1 is 1.38 bits per heavy atom. The summed E-state index contributed by atoms with van der Waals surface area (Å²) in [6.45, 7) is 1.85. The third-order valence-corrected chi connectivity index (χ3v) is 2.95. The summed E-state index contributed by atoms with van der Waals surface area (Å²) in [5, 5.41) is 15.6. The number of carboxylic acids is 1. The molecule has 2 N–H and O–H groups in total. The second kappa shape index (κ2) is 5.74. The molecule has 0 aliphatic heterocycles. The molecule has 1 heterocycles. The summed E-state index contributed by atoms with van der Waals surface area (Å²) in [6, 6.07) is 3.11. The van der Waals surface area contributed by atoms with Gasteiger partial charge in [0, 0.05) is 13.2 Å². The Labute approximate surface area is 120 Å². The summed E-state index contributed by atoms with van der Waals surface area (Å²) in [4.78, 5) is 23.3. The fourth-order valence-electron chi connectivity index (χ4n) is 1.98. The van der Waals surface area contributed by atoms with Crippen LogP contribution in [-0.4, -0.2) is 26.8 Å². The molecule has 0 bridgehead atoms. The molecule has 21 heavy (non-hydrogen) atoms. The number of nitrogens with zero attached hydrogens (tertiary/aromatic N) is 2. The van der Waals surface area contributed by atoms with Crippen LogP contribution in [0.25, 0.3) is 0 Å². The minimum atomic E-state index is -1.24. The Balaban J connectivity index is 2.35. The number of carbonyl (C=O) groups is 2. The molecule has 0 aliphatic rings. The van der Waals surface area contributed by atoms with E-state index in [1.165, 1.54) is 10.9 Å². The van der Waals surface area contributed by atoms with Gasteiger partial charge in [0.25, 0.3) is 5.91 Å². The first-order valence-electron chi connectivity index (χ1n) is 6.29. The van der Waals surface area contributed by atoms with E-state index in [1.54, 1.807) is 7.05 Å². The lowest BCUT2D eigenvalue weighted by atomic mass is 10.1. The molecule has 0 atom stereocenters. The molecule has 0 fully saturated rings. The highest BCUT2D eigenvalue weighted by Gasteiger charge is 2.18. The van der Waals surface area contributed by atoms with E-state index in [4.69, 9.17) is 5.11 Å². The van der Waals surface area contributed by atoms with Crippen molar-refractivity contribution in [2.45, 2.75) is 13.3 Å². The molecule has 1 aromatic heterocycles. The largest absolute Gasteiger partial charge is 0.478 e. The standard InChI is InChI=1S/C14H14FN3O3/c1-3-11-10(7-18(2)17-11)13(19)16-12-6-8(15)4-5-9(12)14(20)21/h4-7H,3H2,1-2H3,(H,16,19)(H,20,21). The second-order valence-corrected chi connectivity index (χ2v) is 4.47. The number of hydrogen-bond donors (Lipinski definition) is 2. The number of halogens is 1. The summed E-state index contributed by atoms with van der Waals surface area (Å²) >= 11 is 0. The third-order valence-electron chi connectivity index (χ3n) is 2.95. The van der Waals surface area contributed by atoms with Gasteiger partial charge in [-0.2, -0.15) is 5.10 Å². The Morgan fingerprint density at radius 2 is 2.10 bits per heavy atom. The number of amides is 1. The maximum Gasteiger partial charge on any atom is 0.337 e. The van der Waals surface area contributed by atoms with Gasteiger partial charge in [-0.15, -0.1) is 0 Å². The molecule has 7 heteroatoms. The Kier molecular flexibility index (Phi) is 4.02. The van der Waals surface area contributed by atoms with Crippen LogP contribution in [0.4, 0.5) is 10.1 Å². The summed E-state index contributed by atoms with van der Waals surface area (Å²) in [5.41, 5.74) is 0.661. The highest BCUT2D eigenvalue weighted by Crippen LogP contribution is 2.19. The number of aromatic nitrogens is 2. The zero-order valence-corrected chi connectivity index (χ0v) is 11.6. The van der Waals surface area contributed by atoms with Crippen molar-refractivity contribution in [1.82, 2.24) is 9.78 Å². The normalized spacial score (nSPS) is 10.4. The van der Waals surface area contributed by atoms with Crippen LogP contribution in [0.5, 0.6) is 0 Å². The number of carbonyl (C=O) groups excluding carboxylic acids is 1. The molecule has 2 rings (SSSR count). The minimum absolute atomic E-state index is 0.0848. The van der Waals surface area contributed by atoms with Crippen LogP contribution in [0.2, 0.25) is 0 Å². The quantitative estimate of drug-likeness (QED) is 0.903. The first-order valence-corrected chi connectivity index (χ1v) is 6.29. The predicted molar refractivity (Wildman–Crippen MR) is 73.9 cm³/mol. The number of benzene rings is 1. The van der Waals surface area contributed by atoms with E-state index in [0.717, 1.165) is 18.2 Å². The molecule has 0 saturated carbocycles. The number of aryl methyl sites for hydroxylation is 2. The number of rotatable bonds is 4. The van der Waals surface area contributed by atoms with Gasteiger partial charge >= 0.3 is 5.97 Å². The van der Waals surface area contributed by atoms with Crippen molar-refractivity contribution in [3.05, 3.63) is 47.0 Å². The van der Waals surface area contributed by atoms with Crippen molar-refractivity contribution in [1.29, 1.82) is 0 Å². The maximum atomic E-state index is 13.3. The zero-order valence-electron chi connectivity index (χ0n) is 11.6. The van der Waals surface area contributed by atoms with Gasteiger partial charge in [-0.25, -0.2) is 9.18 Å². The van der Waals surface area contributed by atoms with E-state index < -0.39 is 17.7 Å². The van der Waals surface area contributed by atoms with E-state index in [1.807, 2.05) is 6.92 Å². The molecular formula is C14H14FN3O3. The monoisotopic (exact) mass is 291 g/mol. The van der Waals surface area contributed by atoms with Gasteiger partial charge < -0.3 is 10.4 Å². The van der Waals surface area contributed by atoms with Crippen molar-refractivity contribution >= 4 is 17.6 Å². The van der Waals surface area contributed by atoms with Crippen LogP contribution in [-0.2, 0) is 13.5 Å². The van der Waals surface area contributed by atoms with Gasteiger partial charge in [0.1, 0.15) is 5.82 Å². The van der Waals surface area contributed by atoms with E-state index in [2.05, 4.69) is 10.4 Å². The van der Waals surface area contributed by atoms with E-state index in [9.17, 15) is 14.0 Å². The van der Waals surface area contributed by atoms with Crippen molar-refractivity contribution < 1.29 is 19.1 Å². The van der Waals surface area contributed by atoms with Crippen LogP contribution >= 0.6 is 0 Å². The molecule has 1 amide bonds. The average molecular weight is 291 g/mol. The summed E-state index contributed by atoms with van der Waals surface area (Å²) in [5.74, 6) is -2.39. The number of nitrogens with one attached hydrogen (secondary N) is 1. The van der Waals surface area contributed by atoms with Crippen molar-refractivity contribution in [3.8, 4) is 0 Å². The fourth-order valence-corrected chi connectivity index (χ4v) is 1.98. The minimum Gasteiger partial charge on any atom is -0.478 e. The molecule has 6 nitrogen and oxygen atoms in total. The third kappa shape index (κ3) is 3.07. The molecule has 0 radical (unpaired) electrons. The number of hydrogen-bond acceptors (Lipinski definition) is 3. The van der Waals surface area contributed by atoms with Crippen LogP contribution in [0.3, 0.4) is 0 Å². The maximum absolute atomic E-state index is 13.3. The predicted octanol–water partition coefficient (Wildman–Crippen LogP) is 2.07. The topological polar surface area (TPSA) is 84.2 Å². The van der Waals surface area contributed by atoms with Gasteiger partial charge in [-0.3, -0.25) is 9.48 Å². The van der Waals surface area contributed by atoms with Crippen molar-refractivity contribution in [3.63, 3.8) is 0 Å². The first kappa shape index (κ1) is 14.7. The zero-order chi connectivity index (χ0) is 15.6. The Hall–Kier alpha value is -2.70. The van der Waals surface area contributed by atoms with Crippen molar-refractivity contribution in [2.75, 3.05) is 5.32 Å². The van der Waals surface area contributed by atoms with Gasteiger partial charge in [0.15, 0.2) is 0 Å². The van der Waals surface area contributed by atoms with E-state index >= 15 is 0 Å². The smallest absolute Gasteiger partial charge is 0.337 e. The Morgan fingerprint density at radius 3 is 2.71 bits per heavy atom. The lowest BCUT2D eigenvalue weighted by Crippen LogP contribution is -2.16. The van der Waals surface area contributed by atoms with Gasteiger partial charge in [0.2, 0.25) is 0 Å². The summed E-state index contributed by atoms with van der Waals surface area (Å²) in [6.07, 6.45) is 2.09. The van der Waals surface area contributed by atoms with Crippen LogP contribution < -0.4 is 5.32 Å². The van der Waals surface area contributed by atoms with Gasteiger partial charge in [-0.05, 0) is 24.6 Å². The molecular weight excluding hydrogens is 277 g/mol. The van der Waals surface area contributed by atoms with Crippen LogP contribution in [0.1, 0.15) is 33.3 Å². The lowest BCUT2D eigenvalue weighted by Gasteiger charge is -2.08. The molecule has 110 valence electrons. The molecule has 2 aromatic rings. The van der Waals surface area contributed by atoms with Crippen LogP contribution in [0, 0.1) is 5.82 Å².